The molecule has 0 unspecified atom stereocenters. The van der Waals surface area contributed by atoms with Crippen LogP contribution < -0.4 is 15.4 Å². The van der Waals surface area contributed by atoms with Crippen LogP contribution in [0.1, 0.15) is 30.1 Å². The molecule has 3 rings (SSSR count). The van der Waals surface area contributed by atoms with Crippen LogP contribution in [0.2, 0.25) is 0 Å². The maximum atomic E-state index is 12.1. The van der Waals surface area contributed by atoms with Crippen molar-refractivity contribution in [3.05, 3.63) is 54.1 Å². The van der Waals surface area contributed by atoms with E-state index in [4.69, 9.17) is 4.74 Å². The fourth-order valence-electron chi connectivity index (χ4n) is 2.51. The van der Waals surface area contributed by atoms with Gasteiger partial charge in [0.25, 0.3) is 5.91 Å². The van der Waals surface area contributed by atoms with E-state index in [1.165, 1.54) is 0 Å². The van der Waals surface area contributed by atoms with Crippen molar-refractivity contribution in [2.24, 2.45) is 0 Å². The van der Waals surface area contributed by atoms with Crippen LogP contribution in [0, 0.1) is 0 Å². The maximum Gasteiger partial charge on any atom is 0.265 e. The number of rotatable bonds is 5. The molecule has 1 aliphatic rings. The molecule has 0 fully saturated rings. The van der Waals surface area contributed by atoms with Crippen molar-refractivity contribution in [2.45, 2.75) is 25.9 Å². The van der Waals surface area contributed by atoms with E-state index in [1.54, 1.807) is 49.4 Å². The Morgan fingerprint density at radius 3 is 2.64 bits per heavy atom. The maximum absolute atomic E-state index is 12.1. The number of amides is 2. The third-order valence-corrected chi connectivity index (χ3v) is 3.87. The van der Waals surface area contributed by atoms with Gasteiger partial charge >= 0.3 is 0 Å². The molecule has 25 heavy (non-hydrogen) atoms. The van der Waals surface area contributed by atoms with Gasteiger partial charge in [0.2, 0.25) is 5.91 Å². The summed E-state index contributed by atoms with van der Waals surface area (Å²) in [6.45, 7) is 1.66. The Morgan fingerprint density at radius 1 is 1.12 bits per heavy atom. The Balaban J connectivity index is 1.57. The predicted molar refractivity (Wildman–Crippen MR) is 93.8 cm³/mol. The molecule has 0 spiro atoms. The Bertz CT molecular complexity index is 817. The van der Waals surface area contributed by atoms with Crippen molar-refractivity contribution in [3.63, 3.8) is 0 Å². The topological polar surface area (TPSA) is 84.5 Å². The Labute approximate surface area is 145 Å². The molecule has 0 aromatic heterocycles. The van der Waals surface area contributed by atoms with Crippen LogP contribution in [0.5, 0.6) is 5.75 Å². The average molecular weight is 338 g/mol. The average Bonchev–Trinajstić information content (AvgIpc) is 2.61. The third kappa shape index (κ3) is 4.03. The monoisotopic (exact) mass is 338 g/mol. The number of hydrogen-bond acceptors (Lipinski definition) is 4. The van der Waals surface area contributed by atoms with Crippen molar-refractivity contribution in [1.82, 2.24) is 0 Å². The highest BCUT2D eigenvalue weighted by Crippen LogP contribution is 2.32. The van der Waals surface area contributed by atoms with Gasteiger partial charge in [0, 0.05) is 24.1 Å². The molecule has 2 amide bonds. The van der Waals surface area contributed by atoms with Crippen LogP contribution in [0.15, 0.2) is 48.5 Å². The summed E-state index contributed by atoms with van der Waals surface area (Å²) in [5.74, 6) is -0.00900. The van der Waals surface area contributed by atoms with Gasteiger partial charge in [0.1, 0.15) is 5.75 Å². The molecule has 0 radical (unpaired) electrons. The quantitative estimate of drug-likeness (QED) is 0.821. The zero-order valence-electron chi connectivity index (χ0n) is 13.7. The normalized spacial score (nSPS) is 15.6. The summed E-state index contributed by atoms with van der Waals surface area (Å²) in [5, 5.41) is 5.45. The Hall–Kier alpha value is -3.15. The number of nitrogens with one attached hydrogen (secondary N) is 2. The lowest BCUT2D eigenvalue weighted by atomic mass is 10.1. The van der Waals surface area contributed by atoms with E-state index < -0.39 is 6.10 Å². The second-order valence-corrected chi connectivity index (χ2v) is 5.80. The van der Waals surface area contributed by atoms with E-state index in [1.807, 2.05) is 6.07 Å². The number of carbonyl (C=O) groups excluding carboxylic acids is 3. The lowest BCUT2D eigenvalue weighted by Gasteiger charge is -2.23. The summed E-state index contributed by atoms with van der Waals surface area (Å²) in [6.07, 6.45) is -0.319. The number of Topliss-reactive ketones (excluding diaryl/α,β-unsaturated/α-hetero) is 1. The molecule has 1 atom stereocenters. The zero-order chi connectivity index (χ0) is 17.8. The second-order valence-electron chi connectivity index (χ2n) is 5.80. The molecule has 128 valence electrons. The van der Waals surface area contributed by atoms with Gasteiger partial charge in [-0.15, -0.1) is 0 Å². The van der Waals surface area contributed by atoms with E-state index in [-0.39, 0.29) is 30.4 Å². The molecule has 2 N–H and O–H groups in total. The van der Waals surface area contributed by atoms with Crippen molar-refractivity contribution in [1.29, 1.82) is 0 Å². The van der Waals surface area contributed by atoms with Gasteiger partial charge in [0.15, 0.2) is 11.9 Å². The number of fused-ring (bicyclic) bond motifs is 1. The number of ketones is 1. The molecular formula is C19H18N2O4. The minimum atomic E-state index is -0.544. The largest absolute Gasteiger partial charge is 0.479 e. The highest BCUT2D eigenvalue weighted by Gasteiger charge is 2.23. The van der Waals surface area contributed by atoms with Gasteiger partial charge in [0.05, 0.1) is 5.69 Å². The van der Waals surface area contributed by atoms with Gasteiger partial charge in [-0.3, -0.25) is 14.4 Å². The summed E-state index contributed by atoms with van der Waals surface area (Å²) in [7, 11) is 0. The second kappa shape index (κ2) is 7.17. The summed E-state index contributed by atoms with van der Waals surface area (Å²) >= 11 is 0. The van der Waals surface area contributed by atoms with Crippen LogP contribution in [0.25, 0.3) is 0 Å². The van der Waals surface area contributed by atoms with Gasteiger partial charge in [-0.25, -0.2) is 0 Å². The first-order chi connectivity index (χ1) is 12.0. The predicted octanol–water partition coefficient (Wildman–Crippen LogP) is 3.01. The van der Waals surface area contributed by atoms with E-state index in [0.29, 0.717) is 22.7 Å². The zero-order valence-corrected chi connectivity index (χ0v) is 13.7. The van der Waals surface area contributed by atoms with Crippen LogP contribution in [0.3, 0.4) is 0 Å². The van der Waals surface area contributed by atoms with E-state index in [0.717, 1.165) is 0 Å². The number of anilines is 2. The number of benzene rings is 2. The van der Waals surface area contributed by atoms with Gasteiger partial charge in [-0.05, 0) is 25.1 Å². The summed E-state index contributed by atoms with van der Waals surface area (Å²) in [4.78, 5) is 35.7. The summed E-state index contributed by atoms with van der Waals surface area (Å²) < 4.78 is 5.46. The van der Waals surface area contributed by atoms with Crippen molar-refractivity contribution in [2.75, 3.05) is 10.6 Å². The van der Waals surface area contributed by atoms with Crippen molar-refractivity contribution < 1.29 is 19.1 Å². The van der Waals surface area contributed by atoms with Crippen molar-refractivity contribution in [3.8, 4) is 5.75 Å². The molecule has 2 aromatic carbocycles. The third-order valence-electron chi connectivity index (χ3n) is 3.87. The van der Waals surface area contributed by atoms with Crippen LogP contribution in [-0.4, -0.2) is 23.7 Å². The van der Waals surface area contributed by atoms with E-state index in [9.17, 15) is 14.4 Å². The highest BCUT2D eigenvalue weighted by atomic mass is 16.5. The molecule has 0 aliphatic carbocycles. The fourth-order valence-corrected chi connectivity index (χ4v) is 2.51. The Kier molecular flexibility index (Phi) is 4.79. The number of carbonyl (C=O) groups is 3. The minimum Gasteiger partial charge on any atom is -0.479 e. The smallest absolute Gasteiger partial charge is 0.265 e. The van der Waals surface area contributed by atoms with Crippen LogP contribution >= 0.6 is 0 Å². The van der Waals surface area contributed by atoms with Gasteiger partial charge in [-0.1, -0.05) is 30.3 Å². The van der Waals surface area contributed by atoms with E-state index >= 15 is 0 Å². The molecule has 1 heterocycles. The lowest BCUT2D eigenvalue weighted by Crippen LogP contribution is -2.34. The van der Waals surface area contributed by atoms with Crippen LogP contribution in [0.4, 0.5) is 11.4 Å². The summed E-state index contributed by atoms with van der Waals surface area (Å²) in [6, 6.07) is 13.9. The molecule has 2 aromatic rings. The molecule has 0 saturated heterocycles. The Morgan fingerprint density at radius 2 is 1.88 bits per heavy atom. The van der Waals surface area contributed by atoms with E-state index in [2.05, 4.69) is 10.6 Å². The molecule has 1 aliphatic heterocycles. The first kappa shape index (κ1) is 16.7. The standard InChI is InChI=1S/C19H18N2O4/c1-12-19(24)21-15-11-14(7-9-17(15)25-12)20-18(23)10-8-16(22)13-5-3-2-4-6-13/h2-7,9,11-12H,8,10H2,1H3,(H,20,23)(H,21,24)/t12-/m0/s1. The molecule has 0 saturated carbocycles. The number of hydrogen-bond donors (Lipinski definition) is 2. The molecule has 6 heteroatoms. The minimum absolute atomic E-state index is 0.0733. The first-order valence-electron chi connectivity index (χ1n) is 8.02. The summed E-state index contributed by atoms with van der Waals surface area (Å²) in [5.41, 5.74) is 1.65. The molecule has 0 bridgehead atoms. The van der Waals surface area contributed by atoms with Gasteiger partial charge < -0.3 is 15.4 Å². The molecular weight excluding hydrogens is 320 g/mol. The lowest BCUT2D eigenvalue weighted by molar-refractivity contribution is -0.122. The van der Waals surface area contributed by atoms with Crippen LogP contribution in [-0.2, 0) is 9.59 Å². The number of ether oxygens (including phenoxy) is 1. The van der Waals surface area contributed by atoms with Crippen molar-refractivity contribution >= 4 is 29.0 Å². The SMILES string of the molecule is C[C@@H]1Oc2ccc(NC(=O)CCC(=O)c3ccccc3)cc2NC1=O. The fraction of sp³-hybridized carbons (Fsp3) is 0.211. The van der Waals surface area contributed by atoms with Gasteiger partial charge in [-0.2, -0.15) is 0 Å². The highest BCUT2D eigenvalue weighted by molar-refractivity contribution is 6.01. The first-order valence-corrected chi connectivity index (χ1v) is 8.02. The molecule has 6 nitrogen and oxygen atoms in total.